The highest BCUT2D eigenvalue weighted by molar-refractivity contribution is 7.62. The van der Waals surface area contributed by atoms with E-state index in [4.69, 9.17) is 9.05 Å². The smallest absolute Gasteiger partial charge is 0.305 e. The van der Waals surface area contributed by atoms with Crippen molar-refractivity contribution in [2.75, 3.05) is 13.2 Å². The van der Waals surface area contributed by atoms with Gasteiger partial charge in [-0.15, -0.1) is 0 Å². The Morgan fingerprint density at radius 2 is 1.24 bits per heavy atom. The second kappa shape index (κ2) is 17.8. The van der Waals surface area contributed by atoms with E-state index >= 15 is 0 Å². The van der Waals surface area contributed by atoms with Crippen molar-refractivity contribution in [1.29, 1.82) is 0 Å². The van der Waals surface area contributed by atoms with Crippen molar-refractivity contribution in [3.8, 4) is 0 Å². The van der Waals surface area contributed by atoms with Crippen LogP contribution in [0.1, 0.15) is 125 Å². The maximum Gasteiger partial charge on any atom is 0.361 e. The van der Waals surface area contributed by atoms with Crippen LogP contribution in [0.4, 0.5) is 0 Å². The van der Waals surface area contributed by atoms with E-state index in [0.717, 1.165) is 19.3 Å². The molecule has 0 spiro atoms. The van der Waals surface area contributed by atoms with Crippen molar-refractivity contribution in [2.45, 2.75) is 125 Å². The van der Waals surface area contributed by atoms with Gasteiger partial charge in [-0.3, -0.25) is 4.57 Å². The zero-order valence-corrected chi connectivity index (χ0v) is 23.3. The average molecular weight is 481 g/mol. The van der Waals surface area contributed by atoms with Gasteiger partial charge in [0.2, 0.25) is 0 Å². The first kappa shape index (κ1) is 30.4. The molecular formula is C29H53O3P. The topological polar surface area (TPSA) is 35.5 Å². The molecule has 0 amide bonds. The van der Waals surface area contributed by atoms with Crippen LogP contribution in [0.25, 0.3) is 0 Å². The molecule has 0 aliphatic rings. The first-order valence-electron chi connectivity index (χ1n) is 13.7. The lowest BCUT2D eigenvalue weighted by molar-refractivity contribution is 0.167. The summed E-state index contributed by atoms with van der Waals surface area (Å²) in [5.41, 5.74) is 0.231. The van der Waals surface area contributed by atoms with Gasteiger partial charge >= 0.3 is 7.60 Å². The fourth-order valence-electron chi connectivity index (χ4n) is 4.43. The summed E-state index contributed by atoms with van der Waals surface area (Å²) >= 11 is 0. The van der Waals surface area contributed by atoms with Crippen LogP contribution < -0.4 is 5.30 Å². The highest BCUT2D eigenvalue weighted by Gasteiger charge is 2.28. The van der Waals surface area contributed by atoms with Crippen LogP contribution in [0.2, 0.25) is 0 Å². The average Bonchev–Trinajstić information content (AvgIpc) is 2.77. The summed E-state index contributed by atoms with van der Waals surface area (Å²) in [5.74, 6) is 0.335. The fourth-order valence-corrected chi connectivity index (χ4v) is 6.16. The normalized spacial score (nSPS) is 14.8. The standard InChI is InChI=1S/C29H53O3P/c1-6-7-8-9-10-11-12-13-14-15-16-17-21-24-31-33(30,28-22-19-18-20-23-28)32-26-27(2)25-29(3,4)5/h18-20,22-23,27H,6-17,21,24-26H2,1-5H3. The summed E-state index contributed by atoms with van der Waals surface area (Å²) in [6.07, 6.45) is 18.1. The van der Waals surface area contributed by atoms with E-state index < -0.39 is 7.60 Å². The van der Waals surface area contributed by atoms with Gasteiger partial charge in [-0.05, 0) is 36.3 Å². The monoisotopic (exact) mass is 480 g/mol. The Hall–Kier alpha value is -0.630. The number of hydrogen-bond acceptors (Lipinski definition) is 3. The molecule has 1 aromatic carbocycles. The molecule has 0 saturated carbocycles. The van der Waals surface area contributed by atoms with E-state index in [1.165, 1.54) is 70.6 Å². The van der Waals surface area contributed by atoms with Gasteiger partial charge in [-0.1, -0.05) is 130 Å². The molecule has 0 aliphatic carbocycles. The molecule has 0 fully saturated rings. The highest BCUT2D eigenvalue weighted by Crippen LogP contribution is 2.48. The molecule has 2 unspecified atom stereocenters. The first-order chi connectivity index (χ1) is 15.8. The first-order valence-corrected chi connectivity index (χ1v) is 15.3. The van der Waals surface area contributed by atoms with Gasteiger partial charge in [-0.25, -0.2) is 0 Å². The van der Waals surface area contributed by atoms with Crippen molar-refractivity contribution in [3.63, 3.8) is 0 Å². The molecular weight excluding hydrogens is 427 g/mol. The minimum atomic E-state index is -3.28. The maximum atomic E-state index is 13.6. The molecule has 0 aromatic heterocycles. The molecule has 192 valence electrons. The molecule has 3 nitrogen and oxygen atoms in total. The van der Waals surface area contributed by atoms with Crippen LogP contribution in [0.5, 0.6) is 0 Å². The predicted molar refractivity (Wildman–Crippen MR) is 145 cm³/mol. The fraction of sp³-hybridized carbons (Fsp3) is 0.793. The second-order valence-electron chi connectivity index (χ2n) is 11.1. The van der Waals surface area contributed by atoms with Crippen LogP contribution >= 0.6 is 7.60 Å². The van der Waals surface area contributed by atoms with Gasteiger partial charge < -0.3 is 9.05 Å². The van der Waals surface area contributed by atoms with Gasteiger partial charge in [0.1, 0.15) is 0 Å². The Kier molecular flexibility index (Phi) is 16.4. The highest BCUT2D eigenvalue weighted by atomic mass is 31.2. The van der Waals surface area contributed by atoms with Gasteiger partial charge in [0.15, 0.2) is 0 Å². The Morgan fingerprint density at radius 3 is 1.73 bits per heavy atom. The van der Waals surface area contributed by atoms with Crippen molar-refractivity contribution < 1.29 is 13.6 Å². The van der Waals surface area contributed by atoms with Crippen LogP contribution in [0, 0.1) is 11.3 Å². The molecule has 0 radical (unpaired) electrons. The Labute approximate surface area is 206 Å². The maximum absolute atomic E-state index is 13.6. The number of rotatable bonds is 20. The van der Waals surface area contributed by atoms with Crippen LogP contribution in [0.15, 0.2) is 30.3 Å². The van der Waals surface area contributed by atoms with Crippen LogP contribution in [-0.4, -0.2) is 13.2 Å². The molecule has 1 aromatic rings. The van der Waals surface area contributed by atoms with Crippen molar-refractivity contribution in [2.24, 2.45) is 11.3 Å². The largest absolute Gasteiger partial charge is 0.361 e. The zero-order valence-electron chi connectivity index (χ0n) is 22.4. The predicted octanol–water partition coefficient (Wildman–Crippen LogP) is 9.70. The summed E-state index contributed by atoms with van der Waals surface area (Å²) in [4.78, 5) is 0. The summed E-state index contributed by atoms with van der Waals surface area (Å²) in [6, 6.07) is 9.46. The van der Waals surface area contributed by atoms with E-state index in [2.05, 4.69) is 34.6 Å². The molecule has 2 atom stereocenters. The van der Waals surface area contributed by atoms with E-state index in [1.54, 1.807) is 0 Å². The van der Waals surface area contributed by atoms with E-state index in [1.807, 2.05) is 30.3 Å². The Morgan fingerprint density at radius 1 is 0.758 bits per heavy atom. The van der Waals surface area contributed by atoms with Gasteiger partial charge in [0.05, 0.1) is 18.5 Å². The van der Waals surface area contributed by atoms with Gasteiger partial charge in [0.25, 0.3) is 0 Å². The third kappa shape index (κ3) is 15.8. The van der Waals surface area contributed by atoms with Crippen molar-refractivity contribution in [3.05, 3.63) is 30.3 Å². The summed E-state index contributed by atoms with van der Waals surface area (Å²) in [5, 5.41) is 0.669. The lowest BCUT2D eigenvalue weighted by Crippen LogP contribution is -2.18. The van der Waals surface area contributed by atoms with Crippen molar-refractivity contribution >= 4 is 12.9 Å². The molecule has 4 heteroatoms. The van der Waals surface area contributed by atoms with Gasteiger partial charge in [-0.2, -0.15) is 0 Å². The molecule has 0 heterocycles. The third-order valence-electron chi connectivity index (χ3n) is 6.07. The quantitative estimate of drug-likeness (QED) is 0.138. The molecule has 0 N–H and O–H groups in total. The lowest BCUT2D eigenvalue weighted by Gasteiger charge is -2.25. The minimum Gasteiger partial charge on any atom is -0.305 e. The lowest BCUT2D eigenvalue weighted by atomic mass is 9.86. The van der Waals surface area contributed by atoms with E-state index in [0.29, 0.717) is 24.4 Å². The summed E-state index contributed by atoms with van der Waals surface area (Å²) in [6.45, 7) is 12.1. The van der Waals surface area contributed by atoms with E-state index in [-0.39, 0.29) is 5.41 Å². The summed E-state index contributed by atoms with van der Waals surface area (Å²) in [7, 11) is -3.28. The summed E-state index contributed by atoms with van der Waals surface area (Å²) < 4.78 is 25.5. The van der Waals surface area contributed by atoms with Crippen molar-refractivity contribution in [1.82, 2.24) is 0 Å². The molecule has 33 heavy (non-hydrogen) atoms. The SMILES string of the molecule is CCCCCCCCCCCCCCCOP(=O)(OCC(C)CC(C)(C)C)c1ccccc1. The number of hydrogen-bond donors (Lipinski definition) is 0. The molecule has 1 rings (SSSR count). The van der Waals surface area contributed by atoms with Crippen LogP contribution in [0.3, 0.4) is 0 Å². The van der Waals surface area contributed by atoms with E-state index in [9.17, 15) is 4.57 Å². The Bertz CT molecular complexity index is 624. The zero-order chi connectivity index (χ0) is 24.4. The molecule has 0 bridgehead atoms. The number of benzene rings is 1. The number of unbranched alkanes of at least 4 members (excludes halogenated alkanes) is 12. The minimum absolute atomic E-state index is 0.231. The molecule has 0 saturated heterocycles. The molecule has 0 aliphatic heterocycles. The Balaban J connectivity index is 2.24. The van der Waals surface area contributed by atoms with Gasteiger partial charge in [0, 0.05) is 0 Å². The van der Waals surface area contributed by atoms with Crippen LogP contribution in [-0.2, 0) is 13.6 Å². The third-order valence-corrected chi connectivity index (χ3v) is 8.01. The second-order valence-corrected chi connectivity index (χ2v) is 13.1.